The average Bonchev–Trinajstić information content (AvgIpc) is 3.30. The van der Waals surface area contributed by atoms with Crippen LogP contribution in [-0.4, -0.2) is 74.5 Å². The van der Waals surface area contributed by atoms with Gasteiger partial charge in [0.05, 0.1) is 35.1 Å². The second kappa shape index (κ2) is 8.85. The van der Waals surface area contributed by atoms with Crippen LogP contribution >= 0.6 is 0 Å². The van der Waals surface area contributed by atoms with E-state index in [1.165, 1.54) is 6.33 Å². The average molecular weight is 510 g/mol. The summed E-state index contributed by atoms with van der Waals surface area (Å²) in [6, 6.07) is 5.04. The number of amides is 1. The molecule has 1 amide bonds. The van der Waals surface area contributed by atoms with E-state index in [0.717, 1.165) is 16.6 Å². The quantitative estimate of drug-likeness (QED) is 0.287. The third-order valence-electron chi connectivity index (χ3n) is 7.31. The number of carbonyl (C=O) groups is 1. The minimum absolute atomic E-state index is 0.0270. The van der Waals surface area contributed by atoms with Crippen molar-refractivity contribution in [1.82, 2.24) is 33.6 Å². The van der Waals surface area contributed by atoms with E-state index in [9.17, 15) is 19.8 Å². The zero-order valence-electron chi connectivity index (χ0n) is 21.0. The smallest absolute Gasteiger partial charge is 0.328 e. The highest BCUT2D eigenvalue weighted by Crippen LogP contribution is 2.34. The molecule has 1 aliphatic rings. The highest BCUT2D eigenvalue weighted by molar-refractivity contribution is 5.83. The largest absolute Gasteiger partial charge is 0.391 e. The van der Waals surface area contributed by atoms with Crippen LogP contribution in [0.25, 0.3) is 22.2 Å². The molecule has 0 aliphatic carbocycles. The van der Waals surface area contributed by atoms with E-state index in [1.54, 1.807) is 39.6 Å². The second-order valence-electron chi connectivity index (χ2n) is 10.0. The fraction of sp³-hybridized carbons (Fsp3) is 0.458. The lowest BCUT2D eigenvalue weighted by Gasteiger charge is -2.34. The van der Waals surface area contributed by atoms with Crippen LogP contribution in [0.2, 0.25) is 0 Å². The number of carbonyl (C=O) groups excluding carboxylic acids is 1. The molecule has 5 rings (SSSR count). The van der Waals surface area contributed by atoms with Gasteiger partial charge < -0.3 is 31.1 Å². The molecular formula is C24H31N9O4. The molecule has 4 aromatic rings. The van der Waals surface area contributed by atoms with E-state index < -0.39 is 17.7 Å². The molecule has 1 aromatic carbocycles. The fourth-order valence-electron chi connectivity index (χ4n) is 5.30. The molecule has 0 radical (unpaired) electrons. The number of aliphatic hydroxyl groups excluding tert-OH is 1. The monoisotopic (exact) mass is 509 g/mol. The number of aromatic nitrogens is 6. The second-order valence-corrected chi connectivity index (χ2v) is 10.0. The zero-order chi connectivity index (χ0) is 26.6. The van der Waals surface area contributed by atoms with Crippen LogP contribution in [0.3, 0.4) is 0 Å². The van der Waals surface area contributed by atoms with Gasteiger partial charge in [0.1, 0.15) is 5.52 Å². The van der Waals surface area contributed by atoms with Gasteiger partial charge in [-0.2, -0.15) is 9.97 Å². The lowest BCUT2D eigenvalue weighted by atomic mass is 9.91. The molecule has 1 aliphatic heterocycles. The number of anilines is 2. The first-order valence-electron chi connectivity index (χ1n) is 12.0. The maximum absolute atomic E-state index is 13.3. The number of likely N-dealkylation sites (tertiary alicyclic amines) is 1. The van der Waals surface area contributed by atoms with Gasteiger partial charge in [0, 0.05) is 40.0 Å². The Morgan fingerprint density at radius 3 is 2.65 bits per heavy atom. The van der Waals surface area contributed by atoms with E-state index in [1.807, 2.05) is 18.2 Å². The molecule has 3 atom stereocenters. The van der Waals surface area contributed by atoms with Crippen molar-refractivity contribution < 1.29 is 15.0 Å². The summed E-state index contributed by atoms with van der Waals surface area (Å²) in [6.07, 6.45) is 1.28. The molecule has 4 heterocycles. The van der Waals surface area contributed by atoms with Crippen molar-refractivity contribution in [3.05, 3.63) is 40.6 Å². The van der Waals surface area contributed by atoms with Gasteiger partial charge >= 0.3 is 5.69 Å². The summed E-state index contributed by atoms with van der Waals surface area (Å²) < 4.78 is 4.81. The number of hydrogen-bond donors (Lipinski definition) is 4. The topological polar surface area (TPSA) is 183 Å². The first kappa shape index (κ1) is 24.7. The van der Waals surface area contributed by atoms with Gasteiger partial charge in [0.15, 0.2) is 11.5 Å². The van der Waals surface area contributed by atoms with Crippen molar-refractivity contribution in [1.29, 1.82) is 0 Å². The summed E-state index contributed by atoms with van der Waals surface area (Å²) in [6.45, 7) is 1.84. The van der Waals surface area contributed by atoms with Crippen LogP contribution in [0.1, 0.15) is 31.4 Å². The number of aryl methyl sites for hydroxylation is 3. The normalized spacial score (nSPS) is 22.6. The minimum Gasteiger partial charge on any atom is -0.391 e. The first-order valence-corrected chi connectivity index (χ1v) is 12.0. The van der Waals surface area contributed by atoms with Crippen LogP contribution in [0.5, 0.6) is 0 Å². The molecule has 6 N–H and O–H groups in total. The zero-order valence-corrected chi connectivity index (χ0v) is 21.0. The molecule has 0 bridgehead atoms. The van der Waals surface area contributed by atoms with Crippen molar-refractivity contribution >= 4 is 39.9 Å². The molecular weight excluding hydrogens is 478 g/mol. The fourth-order valence-corrected chi connectivity index (χ4v) is 5.30. The highest BCUT2D eigenvalue weighted by Gasteiger charge is 2.42. The van der Waals surface area contributed by atoms with Crippen LogP contribution in [0, 0.1) is 0 Å². The van der Waals surface area contributed by atoms with Crippen molar-refractivity contribution in [3.63, 3.8) is 0 Å². The lowest BCUT2D eigenvalue weighted by Crippen LogP contribution is -2.42. The van der Waals surface area contributed by atoms with Crippen molar-refractivity contribution in [2.75, 3.05) is 24.6 Å². The Morgan fingerprint density at radius 1 is 1.16 bits per heavy atom. The Labute approximate surface area is 212 Å². The predicted molar refractivity (Wildman–Crippen MR) is 137 cm³/mol. The summed E-state index contributed by atoms with van der Waals surface area (Å²) in [5.74, 6) is -0.0712. The SMILES string of the molecule is Cn1c(=O)n(C)c2cc(CCC(=O)N3C[C@@H](O)C[C@@](C)(O)[C@H](n4cnc5c(N)nc(N)nc54)C3)ccc21. The predicted octanol–water partition coefficient (Wildman–Crippen LogP) is -0.301. The Hall–Kier alpha value is -3.97. The molecule has 37 heavy (non-hydrogen) atoms. The van der Waals surface area contributed by atoms with E-state index in [0.29, 0.717) is 17.6 Å². The Kier molecular flexibility index (Phi) is 5.91. The van der Waals surface area contributed by atoms with Crippen LogP contribution < -0.4 is 17.2 Å². The van der Waals surface area contributed by atoms with Crippen molar-refractivity contribution in [2.24, 2.45) is 14.1 Å². The van der Waals surface area contributed by atoms with Gasteiger partial charge in [0.2, 0.25) is 11.9 Å². The van der Waals surface area contributed by atoms with Crippen molar-refractivity contribution in [3.8, 4) is 0 Å². The number of imidazole rings is 2. The molecule has 13 nitrogen and oxygen atoms in total. The van der Waals surface area contributed by atoms with Gasteiger partial charge in [-0.3, -0.25) is 13.9 Å². The molecule has 0 unspecified atom stereocenters. The third-order valence-corrected chi connectivity index (χ3v) is 7.31. The van der Waals surface area contributed by atoms with E-state index in [4.69, 9.17) is 11.5 Å². The summed E-state index contributed by atoms with van der Waals surface area (Å²) >= 11 is 0. The number of fused-ring (bicyclic) bond motifs is 2. The van der Waals surface area contributed by atoms with Crippen molar-refractivity contribution in [2.45, 2.75) is 43.9 Å². The maximum Gasteiger partial charge on any atom is 0.328 e. The molecule has 3 aromatic heterocycles. The number of rotatable bonds is 4. The third kappa shape index (κ3) is 4.29. The molecule has 13 heteroatoms. The Balaban J connectivity index is 1.40. The summed E-state index contributed by atoms with van der Waals surface area (Å²) in [5, 5.41) is 22.0. The molecule has 1 fully saturated rings. The number of benzene rings is 1. The van der Waals surface area contributed by atoms with Gasteiger partial charge in [-0.25, -0.2) is 9.78 Å². The summed E-state index contributed by atoms with van der Waals surface area (Å²) in [4.78, 5) is 39.6. The summed E-state index contributed by atoms with van der Waals surface area (Å²) in [5.41, 5.74) is 13.5. The molecule has 196 valence electrons. The molecule has 0 spiro atoms. The molecule has 0 saturated carbocycles. The van der Waals surface area contributed by atoms with E-state index >= 15 is 0 Å². The standard InChI is InChI=1S/C24H31N9O4/c1-24(37)9-14(34)10-32(11-17(24)33-12-27-19-20(25)28-22(26)29-21(19)33)18(35)7-5-13-4-6-15-16(8-13)31(3)23(36)30(15)2/h4,6,8,12,14,17,34,37H,5,7,9-11H2,1-3H3,(H4,25,26,28,29)/t14-,17+,24+/m0/s1. The number of aliphatic hydroxyl groups is 2. The minimum atomic E-state index is -1.38. The van der Waals surface area contributed by atoms with Gasteiger partial charge in [-0.05, 0) is 31.0 Å². The number of nitrogen functional groups attached to an aromatic ring is 2. The van der Waals surface area contributed by atoms with E-state index in [2.05, 4.69) is 15.0 Å². The maximum atomic E-state index is 13.3. The van der Waals surface area contributed by atoms with Crippen LogP contribution in [-0.2, 0) is 25.3 Å². The van der Waals surface area contributed by atoms with Gasteiger partial charge in [0.25, 0.3) is 0 Å². The number of β-amino-alcohol motifs (C(OH)–C–C–N with tert-alkyl or cyclic N) is 1. The number of hydrogen-bond acceptors (Lipinski definition) is 9. The Morgan fingerprint density at radius 2 is 1.89 bits per heavy atom. The lowest BCUT2D eigenvalue weighted by molar-refractivity contribution is -0.132. The number of nitrogens with two attached hydrogens (primary N) is 2. The van der Waals surface area contributed by atoms with Crippen LogP contribution in [0.4, 0.5) is 11.8 Å². The first-order chi connectivity index (χ1) is 17.5. The van der Waals surface area contributed by atoms with Crippen LogP contribution in [0.15, 0.2) is 29.3 Å². The van der Waals surface area contributed by atoms with E-state index in [-0.39, 0.29) is 49.3 Å². The molecule has 1 saturated heterocycles. The Bertz CT molecular complexity index is 1570. The van der Waals surface area contributed by atoms with Gasteiger partial charge in [-0.15, -0.1) is 0 Å². The summed E-state index contributed by atoms with van der Waals surface area (Å²) in [7, 11) is 3.44. The number of nitrogens with zero attached hydrogens (tertiary/aromatic N) is 7. The van der Waals surface area contributed by atoms with Gasteiger partial charge in [-0.1, -0.05) is 6.07 Å². The highest BCUT2D eigenvalue weighted by atomic mass is 16.3.